The monoisotopic (exact) mass is 539 g/mol. The third-order valence-corrected chi connectivity index (χ3v) is 8.53. The lowest BCUT2D eigenvalue weighted by Gasteiger charge is -2.36. The molecular weight excluding hydrogens is 506 g/mol. The van der Waals surface area contributed by atoms with E-state index < -0.39 is 16.3 Å². The van der Waals surface area contributed by atoms with Crippen molar-refractivity contribution < 1.29 is 22.8 Å². The van der Waals surface area contributed by atoms with Gasteiger partial charge in [0.25, 0.3) is 5.91 Å². The summed E-state index contributed by atoms with van der Waals surface area (Å²) in [6, 6.07) is 8.92. The van der Waals surface area contributed by atoms with E-state index in [1.54, 1.807) is 31.2 Å². The molecular formula is C27H33N5O5S. The molecule has 10 nitrogen and oxygen atoms in total. The average molecular weight is 540 g/mol. The van der Waals surface area contributed by atoms with E-state index in [1.165, 1.54) is 3.97 Å². The second-order valence-corrected chi connectivity index (χ2v) is 12.2. The number of carbonyl (C=O) groups excluding carboxylic acids is 1. The number of benzene rings is 2. The van der Waals surface area contributed by atoms with Crippen molar-refractivity contribution in [1.82, 2.24) is 18.9 Å². The van der Waals surface area contributed by atoms with Gasteiger partial charge in [-0.3, -0.25) is 4.79 Å². The van der Waals surface area contributed by atoms with Gasteiger partial charge in [0.05, 0.1) is 23.0 Å². The number of amides is 1. The van der Waals surface area contributed by atoms with Crippen molar-refractivity contribution in [3.8, 4) is 11.1 Å². The summed E-state index contributed by atoms with van der Waals surface area (Å²) in [7, 11) is 0.167. The third kappa shape index (κ3) is 4.39. The highest BCUT2D eigenvalue weighted by Crippen LogP contribution is 2.39. The van der Waals surface area contributed by atoms with Gasteiger partial charge < -0.3 is 25.2 Å². The number of likely N-dealkylation sites (N-methyl/N-ethyl adjacent to an activating group) is 1. The zero-order chi connectivity index (χ0) is 27.5. The van der Waals surface area contributed by atoms with Crippen LogP contribution in [0, 0.1) is 13.8 Å². The first-order chi connectivity index (χ1) is 17.9. The number of fused-ring (bicyclic) bond motifs is 3. The maximum atomic E-state index is 13.5. The highest BCUT2D eigenvalue weighted by molar-refractivity contribution is 7.89. The first-order valence-electron chi connectivity index (χ1n) is 12.5. The molecule has 0 aliphatic carbocycles. The second-order valence-electron chi connectivity index (χ2n) is 10.4. The first kappa shape index (κ1) is 26.4. The van der Waals surface area contributed by atoms with Crippen LogP contribution in [0.4, 0.5) is 0 Å². The predicted octanol–water partition coefficient (Wildman–Crippen LogP) is 2.99. The van der Waals surface area contributed by atoms with E-state index in [-0.39, 0.29) is 23.0 Å². The maximum Gasteiger partial charge on any atom is 0.253 e. The highest BCUT2D eigenvalue weighted by Gasteiger charge is 2.28. The molecule has 2 aromatic heterocycles. The molecule has 38 heavy (non-hydrogen) atoms. The number of piperidine rings is 1. The van der Waals surface area contributed by atoms with Crippen LogP contribution in [0.1, 0.15) is 46.4 Å². The predicted molar refractivity (Wildman–Crippen MR) is 146 cm³/mol. The van der Waals surface area contributed by atoms with Crippen LogP contribution in [0.3, 0.4) is 0 Å². The van der Waals surface area contributed by atoms with Crippen LogP contribution in [0.5, 0.6) is 0 Å². The molecule has 3 N–H and O–H groups in total. The maximum absolute atomic E-state index is 13.5. The summed E-state index contributed by atoms with van der Waals surface area (Å²) in [6.07, 6.45) is 1.58. The van der Waals surface area contributed by atoms with Gasteiger partial charge in [-0.1, -0.05) is 11.2 Å². The van der Waals surface area contributed by atoms with Gasteiger partial charge in [-0.25, -0.2) is 12.4 Å². The van der Waals surface area contributed by atoms with E-state index in [2.05, 4.69) is 10.1 Å². The molecule has 2 atom stereocenters. The summed E-state index contributed by atoms with van der Waals surface area (Å²) >= 11 is 0. The number of nitrogens with two attached hydrogens (primary N) is 1. The smallest absolute Gasteiger partial charge is 0.253 e. The number of hydrogen-bond acceptors (Lipinski definition) is 8. The van der Waals surface area contributed by atoms with E-state index >= 15 is 0 Å². The Balaban J connectivity index is 1.75. The molecule has 5 rings (SSSR count). The molecule has 11 heteroatoms. The Labute approximate surface area is 221 Å². The molecule has 0 bridgehead atoms. The summed E-state index contributed by atoms with van der Waals surface area (Å²) in [6.45, 7) is 4.87. The fourth-order valence-corrected chi connectivity index (χ4v) is 6.67. The Hall–Kier alpha value is -3.25. The van der Waals surface area contributed by atoms with Gasteiger partial charge in [-0.05, 0) is 70.6 Å². The number of aromatic nitrogens is 2. The van der Waals surface area contributed by atoms with Gasteiger partial charge in [0.1, 0.15) is 12.0 Å². The number of rotatable bonds is 5. The zero-order valence-electron chi connectivity index (χ0n) is 22.2. The minimum atomic E-state index is -3.85. The topological polar surface area (TPSA) is 135 Å². The number of hydrogen-bond donors (Lipinski definition) is 2. The number of aryl methyl sites for hydroxylation is 2. The van der Waals surface area contributed by atoms with Gasteiger partial charge in [-0.15, -0.1) is 0 Å². The minimum absolute atomic E-state index is 0.140. The highest BCUT2D eigenvalue weighted by atomic mass is 32.2. The lowest BCUT2D eigenvalue weighted by molar-refractivity contribution is 0.0635. The van der Waals surface area contributed by atoms with Crippen LogP contribution in [-0.4, -0.2) is 77.8 Å². The van der Waals surface area contributed by atoms with E-state index in [0.717, 1.165) is 24.7 Å². The van der Waals surface area contributed by atoms with Gasteiger partial charge in [0, 0.05) is 46.6 Å². The molecule has 4 aromatic rings. The average Bonchev–Trinajstić information content (AvgIpc) is 3.38. The molecule has 0 radical (unpaired) electrons. The molecule has 202 valence electrons. The molecule has 3 heterocycles. The Kier molecular flexibility index (Phi) is 6.59. The van der Waals surface area contributed by atoms with Gasteiger partial charge >= 0.3 is 0 Å². The molecule has 2 aromatic carbocycles. The lowest BCUT2D eigenvalue weighted by Crippen LogP contribution is -2.47. The molecule has 1 unspecified atom stereocenters. The van der Waals surface area contributed by atoms with Crippen molar-refractivity contribution in [2.45, 2.75) is 39.0 Å². The summed E-state index contributed by atoms with van der Waals surface area (Å²) in [5.74, 6) is 0.454. The molecule has 1 aliphatic rings. The standard InChI is InChI=1S/C27H33N5O5S/c1-15-24(16(2)37-29-15)18-11-21-20-9-8-17(27(34)31-10-6-7-19(14-31)30(3)4)13-23(20)32(38(5,35)36)25(21)22(12-18)26(28)33/h8-9,11-13,19,26,33H,6-7,10,14,28H2,1-5H3/t19?,26-/m1/s1. The van der Waals surface area contributed by atoms with Crippen LogP contribution < -0.4 is 5.73 Å². The van der Waals surface area contributed by atoms with Crippen LogP contribution in [0.15, 0.2) is 34.9 Å². The van der Waals surface area contributed by atoms with Crippen molar-refractivity contribution in [1.29, 1.82) is 0 Å². The van der Waals surface area contributed by atoms with Crippen LogP contribution in [0.2, 0.25) is 0 Å². The number of likely N-dealkylation sites (tertiary alicyclic amines) is 1. The van der Waals surface area contributed by atoms with Gasteiger partial charge in [0.15, 0.2) is 0 Å². The quantitative estimate of drug-likeness (QED) is 0.370. The van der Waals surface area contributed by atoms with E-state index in [1.807, 2.05) is 32.0 Å². The largest absolute Gasteiger partial charge is 0.374 e. The van der Waals surface area contributed by atoms with Crippen molar-refractivity contribution in [3.05, 3.63) is 52.9 Å². The molecule has 1 saturated heterocycles. The number of aliphatic hydroxyl groups excluding tert-OH is 1. The van der Waals surface area contributed by atoms with Crippen molar-refractivity contribution in [3.63, 3.8) is 0 Å². The molecule has 1 fully saturated rings. The Bertz CT molecular complexity index is 1650. The Morgan fingerprint density at radius 2 is 1.95 bits per heavy atom. The van der Waals surface area contributed by atoms with Crippen LogP contribution >= 0.6 is 0 Å². The molecule has 0 saturated carbocycles. The number of aliphatic hydroxyl groups is 1. The van der Waals surface area contributed by atoms with E-state index in [9.17, 15) is 18.3 Å². The lowest BCUT2D eigenvalue weighted by atomic mass is 9.97. The summed E-state index contributed by atoms with van der Waals surface area (Å²) in [4.78, 5) is 17.5. The van der Waals surface area contributed by atoms with Crippen molar-refractivity contribution in [2.24, 2.45) is 5.73 Å². The van der Waals surface area contributed by atoms with Crippen LogP contribution in [-0.2, 0) is 10.0 Å². The van der Waals surface area contributed by atoms with Gasteiger partial charge in [-0.2, -0.15) is 0 Å². The van der Waals surface area contributed by atoms with Crippen LogP contribution in [0.25, 0.3) is 32.9 Å². The summed E-state index contributed by atoms with van der Waals surface area (Å²) in [5, 5.41) is 15.8. The normalized spacial score (nSPS) is 17.6. The molecule has 0 spiro atoms. The fraction of sp³-hybridized carbons (Fsp3) is 0.407. The van der Waals surface area contributed by atoms with Crippen molar-refractivity contribution >= 4 is 37.7 Å². The second kappa shape index (κ2) is 9.49. The zero-order valence-corrected chi connectivity index (χ0v) is 23.0. The van der Waals surface area contributed by atoms with E-state index in [4.69, 9.17) is 10.3 Å². The van der Waals surface area contributed by atoms with E-state index in [0.29, 0.717) is 52.0 Å². The first-order valence-corrected chi connectivity index (χ1v) is 14.4. The minimum Gasteiger partial charge on any atom is -0.374 e. The Morgan fingerprint density at radius 3 is 2.55 bits per heavy atom. The third-order valence-electron chi connectivity index (χ3n) is 7.48. The summed E-state index contributed by atoms with van der Waals surface area (Å²) in [5.41, 5.74) is 9.37. The number of carbonyl (C=O) groups is 1. The summed E-state index contributed by atoms with van der Waals surface area (Å²) < 4.78 is 32.8. The van der Waals surface area contributed by atoms with Crippen molar-refractivity contribution in [2.75, 3.05) is 33.4 Å². The SMILES string of the molecule is Cc1noc(C)c1-c1cc([C@H](N)O)c2c(c1)c1ccc(C(=O)N3CCCC(N(C)C)C3)cc1n2S(C)(=O)=O. The Morgan fingerprint density at radius 1 is 1.21 bits per heavy atom. The fourth-order valence-electron chi connectivity index (χ4n) is 5.62. The number of nitrogens with zero attached hydrogens (tertiary/aromatic N) is 4. The molecule has 1 aliphatic heterocycles. The molecule has 1 amide bonds. The van der Waals surface area contributed by atoms with Gasteiger partial charge in [0.2, 0.25) is 10.0 Å².